The van der Waals surface area contributed by atoms with Crippen LogP contribution in [-0.2, 0) is 30.3 Å². The monoisotopic (exact) mass is 598 g/mol. The fraction of sp³-hybridized carbons (Fsp3) is 0.576. The van der Waals surface area contributed by atoms with Crippen molar-refractivity contribution in [3.8, 4) is 5.75 Å². The molecule has 2 aliphatic heterocycles. The Balaban J connectivity index is 1.61. The zero-order valence-electron chi connectivity index (χ0n) is 25.5. The molecule has 2 aliphatic rings. The largest absolute Gasteiger partial charge is 0.483 e. The van der Waals surface area contributed by atoms with Gasteiger partial charge in [0.15, 0.2) is 0 Å². The zero-order chi connectivity index (χ0) is 30.7. The third-order valence-corrected chi connectivity index (χ3v) is 8.36. The van der Waals surface area contributed by atoms with E-state index >= 15 is 0 Å². The number of allylic oxidation sites excluding steroid dienone is 1. The molecular formula is C33H43ClN2O6. The van der Waals surface area contributed by atoms with E-state index in [1.807, 2.05) is 31.2 Å². The van der Waals surface area contributed by atoms with Crippen molar-refractivity contribution >= 4 is 40.3 Å². The van der Waals surface area contributed by atoms with Crippen LogP contribution in [0.4, 0.5) is 0 Å². The molecule has 0 radical (unpaired) electrons. The van der Waals surface area contributed by atoms with Gasteiger partial charge in [0.1, 0.15) is 23.0 Å². The summed E-state index contributed by atoms with van der Waals surface area (Å²) >= 11 is 6.31. The maximum Gasteiger partial charge on any atom is 0.328 e. The van der Waals surface area contributed by atoms with Crippen LogP contribution in [0.5, 0.6) is 5.75 Å². The number of hydrogen-bond donors (Lipinski definition) is 0. The van der Waals surface area contributed by atoms with Gasteiger partial charge in [-0.05, 0) is 78.0 Å². The second-order valence-electron chi connectivity index (χ2n) is 12.6. The average Bonchev–Trinajstić information content (AvgIpc) is 3.29. The van der Waals surface area contributed by atoms with Gasteiger partial charge in [-0.25, -0.2) is 9.78 Å². The molecule has 1 saturated heterocycles. The number of amides is 1. The number of fused-ring (bicyclic) bond motifs is 3. The Morgan fingerprint density at radius 2 is 2.02 bits per heavy atom. The first-order chi connectivity index (χ1) is 19.9. The van der Waals surface area contributed by atoms with Crippen molar-refractivity contribution in [1.29, 1.82) is 0 Å². The smallest absolute Gasteiger partial charge is 0.328 e. The summed E-state index contributed by atoms with van der Waals surface area (Å²) in [7, 11) is 1.33. The molecule has 0 unspecified atom stereocenters. The minimum atomic E-state index is -0.811. The van der Waals surface area contributed by atoms with Gasteiger partial charge in [0.2, 0.25) is 5.91 Å². The first-order valence-electron chi connectivity index (χ1n) is 14.8. The fourth-order valence-electron chi connectivity index (χ4n) is 6.19. The molecule has 1 aromatic heterocycles. The predicted molar refractivity (Wildman–Crippen MR) is 163 cm³/mol. The third kappa shape index (κ3) is 7.25. The second kappa shape index (κ2) is 13.0. The van der Waals surface area contributed by atoms with E-state index in [2.05, 4.69) is 6.58 Å². The van der Waals surface area contributed by atoms with E-state index < -0.39 is 35.1 Å². The van der Waals surface area contributed by atoms with E-state index in [4.69, 9.17) is 30.8 Å². The normalized spacial score (nSPS) is 20.6. The van der Waals surface area contributed by atoms with Crippen LogP contribution in [0.15, 0.2) is 30.9 Å². The van der Waals surface area contributed by atoms with Crippen molar-refractivity contribution in [1.82, 2.24) is 9.88 Å². The number of hydrogen-bond acceptors (Lipinski definition) is 7. The second-order valence-corrected chi connectivity index (χ2v) is 13.0. The fourth-order valence-corrected chi connectivity index (χ4v) is 6.36. The summed E-state index contributed by atoms with van der Waals surface area (Å²) in [6.07, 6.45) is 7.52. The molecule has 228 valence electrons. The number of halogens is 1. The maximum absolute atomic E-state index is 14.2. The van der Waals surface area contributed by atoms with Crippen molar-refractivity contribution < 1.29 is 28.6 Å². The average molecular weight is 599 g/mol. The van der Waals surface area contributed by atoms with Gasteiger partial charge in [0, 0.05) is 28.3 Å². The summed E-state index contributed by atoms with van der Waals surface area (Å²) in [6.45, 7) is 11.3. The van der Waals surface area contributed by atoms with Gasteiger partial charge >= 0.3 is 11.9 Å². The molecule has 1 fully saturated rings. The molecule has 0 aliphatic carbocycles. The summed E-state index contributed by atoms with van der Waals surface area (Å²) in [6, 6.07) is 4.82. The number of likely N-dealkylation sites (tertiary alicyclic amines) is 1. The Morgan fingerprint density at radius 3 is 2.71 bits per heavy atom. The van der Waals surface area contributed by atoms with Gasteiger partial charge in [-0.3, -0.25) is 9.59 Å². The summed E-state index contributed by atoms with van der Waals surface area (Å²) in [4.78, 5) is 46.4. The molecule has 42 heavy (non-hydrogen) atoms. The molecule has 3 heterocycles. The van der Waals surface area contributed by atoms with E-state index in [9.17, 15) is 14.4 Å². The number of carbonyl (C=O) groups is 3. The molecule has 9 heteroatoms. The van der Waals surface area contributed by atoms with Crippen LogP contribution in [0, 0.1) is 12.8 Å². The van der Waals surface area contributed by atoms with Gasteiger partial charge in [-0.2, -0.15) is 0 Å². The summed E-state index contributed by atoms with van der Waals surface area (Å²) in [5.41, 5.74) is 1.20. The van der Waals surface area contributed by atoms with Gasteiger partial charge in [0.25, 0.3) is 0 Å². The van der Waals surface area contributed by atoms with Gasteiger partial charge in [0.05, 0.1) is 31.3 Å². The number of unbranched alkanes of at least 4 members (excludes halogenated alkanes) is 3. The minimum absolute atomic E-state index is 0.0472. The molecule has 1 amide bonds. The Labute approximate surface area is 253 Å². The van der Waals surface area contributed by atoms with E-state index in [0.29, 0.717) is 36.5 Å². The summed E-state index contributed by atoms with van der Waals surface area (Å²) in [5.74, 6) is -1.09. The molecule has 0 saturated carbocycles. The number of methoxy groups -OCH3 is 1. The van der Waals surface area contributed by atoms with E-state index in [-0.39, 0.29) is 18.9 Å². The van der Waals surface area contributed by atoms with Crippen LogP contribution in [0.1, 0.15) is 83.4 Å². The third-order valence-electron chi connectivity index (χ3n) is 8.12. The standard InChI is InChI=1S/C33H43ClN2O6/c1-7-8-9-10-11-12-22(17-28(37)41-32(3,4)5)30(38)36-20-33(19-27(36)31(39)40-6)16-15-24-25-18-23(34)13-14-26(25)35-21(2)29(24)42-33/h7,13-14,18,22,27H,1,8-12,15-17,19-20H2,2-6H3/t22-,27+,33-/m1/s1. The van der Waals surface area contributed by atoms with Crippen LogP contribution in [0.3, 0.4) is 0 Å². The lowest BCUT2D eigenvalue weighted by molar-refractivity contribution is -0.159. The molecule has 0 N–H and O–H groups in total. The number of carbonyl (C=O) groups excluding carboxylic acids is 3. The van der Waals surface area contributed by atoms with E-state index in [0.717, 1.165) is 47.8 Å². The highest BCUT2D eigenvalue weighted by Gasteiger charge is 2.53. The van der Waals surface area contributed by atoms with Crippen LogP contribution in [0.25, 0.3) is 10.9 Å². The molecule has 8 nitrogen and oxygen atoms in total. The number of aromatic nitrogens is 1. The Bertz CT molecular complexity index is 1350. The molecule has 2 aromatic rings. The van der Waals surface area contributed by atoms with E-state index in [1.165, 1.54) is 7.11 Å². The van der Waals surface area contributed by atoms with Crippen LogP contribution in [-0.4, -0.2) is 58.6 Å². The minimum Gasteiger partial charge on any atom is -0.483 e. The predicted octanol–water partition coefficient (Wildman–Crippen LogP) is 6.52. The molecule has 3 atom stereocenters. The number of esters is 2. The number of ether oxygens (including phenoxy) is 3. The first-order valence-corrected chi connectivity index (χ1v) is 15.2. The molecule has 1 aromatic carbocycles. The Hall–Kier alpha value is -3.13. The van der Waals surface area contributed by atoms with Crippen LogP contribution >= 0.6 is 11.6 Å². The molecule has 0 bridgehead atoms. The lowest BCUT2D eigenvalue weighted by Gasteiger charge is -2.36. The molecule has 4 rings (SSSR count). The lowest BCUT2D eigenvalue weighted by Crippen LogP contribution is -2.46. The van der Waals surface area contributed by atoms with Crippen molar-refractivity contribution in [3.05, 3.63) is 47.1 Å². The number of pyridine rings is 1. The van der Waals surface area contributed by atoms with Gasteiger partial charge in [-0.15, -0.1) is 6.58 Å². The summed E-state index contributed by atoms with van der Waals surface area (Å²) in [5, 5.41) is 1.57. The van der Waals surface area contributed by atoms with Gasteiger partial charge in [-0.1, -0.05) is 30.5 Å². The van der Waals surface area contributed by atoms with Crippen molar-refractivity contribution in [2.45, 2.75) is 103 Å². The topological polar surface area (TPSA) is 95.0 Å². The highest BCUT2D eigenvalue weighted by atomic mass is 35.5. The number of benzene rings is 1. The maximum atomic E-state index is 14.2. The van der Waals surface area contributed by atoms with Crippen molar-refractivity contribution in [2.24, 2.45) is 5.92 Å². The van der Waals surface area contributed by atoms with Crippen LogP contribution in [0.2, 0.25) is 5.02 Å². The number of rotatable bonds is 10. The Kier molecular flexibility index (Phi) is 9.86. The van der Waals surface area contributed by atoms with Crippen molar-refractivity contribution in [3.63, 3.8) is 0 Å². The van der Waals surface area contributed by atoms with Gasteiger partial charge < -0.3 is 19.1 Å². The highest BCUT2D eigenvalue weighted by molar-refractivity contribution is 6.31. The molecular weight excluding hydrogens is 556 g/mol. The SMILES string of the molecule is C=CCCCCC[C@H](CC(=O)OC(C)(C)C)C(=O)N1C[C@@]2(CCc3c(c(C)nc4ccc(Cl)cc34)O2)C[C@H]1C(=O)OC. The van der Waals surface area contributed by atoms with E-state index in [1.54, 1.807) is 25.7 Å². The van der Waals surface area contributed by atoms with Crippen molar-refractivity contribution in [2.75, 3.05) is 13.7 Å². The highest BCUT2D eigenvalue weighted by Crippen LogP contribution is 2.45. The first kappa shape index (κ1) is 31.8. The Morgan fingerprint density at radius 1 is 1.26 bits per heavy atom. The lowest BCUT2D eigenvalue weighted by atomic mass is 9.87. The number of nitrogens with zero attached hydrogens (tertiary/aromatic N) is 2. The summed E-state index contributed by atoms with van der Waals surface area (Å²) < 4.78 is 17.4. The molecule has 1 spiro atoms. The zero-order valence-corrected chi connectivity index (χ0v) is 26.2. The quantitative estimate of drug-likeness (QED) is 0.174. The van der Waals surface area contributed by atoms with Crippen LogP contribution < -0.4 is 4.74 Å². The number of aryl methyl sites for hydroxylation is 2.